The van der Waals surface area contributed by atoms with E-state index in [-0.39, 0.29) is 0 Å². The third-order valence-corrected chi connectivity index (χ3v) is 2.17. The second kappa shape index (κ2) is 3.82. The van der Waals surface area contributed by atoms with E-state index in [4.69, 9.17) is 10.3 Å². The molecule has 2 heterocycles. The Morgan fingerprint density at radius 2 is 2.33 bits per heavy atom. The molecule has 2 N–H and O–H groups in total. The van der Waals surface area contributed by atoms with Crippen LogP contribution in [0.2, 0.25) is 0 Å². The Morgan fingerprint density at radius 1 is 1.53 bits per heavy atom. The average molecular weight is 207 g/mol. The molecule has 80 valence electrons. The van der Waals surface area contributed by atoms with Crippen LogP contribution in [0.5, 0.6) is 0 Å². The van der Waals surface area contributed by atoms with Gasteiger partial charge < -0.3 is 15.2 Å². The van der Waals surface area contributed by atoms with E-state index >= 15 is 0 Å². The summed E-state index contributed by atoms with van der Waals surface area (Å²) in [7, 11) is 1.90. The first-order valence-electron chi connectivity index (χ1n) is 4.72. The van der Waals surface area contributed by atoms with Crippen molar-refractivity contribution in [2.75, 3.05) is 25.0 Å². The molecule has 0 amide bonds. The van der Waals surface area contributed by atoms with E-state index in [0.29, 0.717) is 18.1 Å². The van der Waals surface area contributed by atoms with Crippen molar-refractivity contribution < 1.29 is 4.52 Å². The van der Waals surface area contributed by atoms with Crippen molar-refractivity contribution in [2.45, 2.75) is 6.92 Å². The van der Waals surface area contributed by atoms with Crippen molar-refractivity contribution in [3.05, 3.63) is 11.9 Å². The van der Waals surface area contributed by atoms with Gasteiger partial charge in [-0.3, -0.25) is 0 Å². The first kappa shape index (κ1) is 9.85. The lowest BCUT2D eigenvalue weighted by atomic mass is 10.4. The van der Waals surface area contributed by atoms with Crippen LogP contribution in [0.25, 0.3) is 11.1 Å². The van der Waals surface area contributed by atoms with Crippen LogP contribution in [-0.2, 0) is 0 Å². The molecular formula is C9H13N5O. The molecule has 0 aliphatic heterocycles. The fraction of sp³-hybridized carbons (Fsp3) is 0.444. The predicted molar refractivity (Wildman–Crippen MR) is 56.7 cm³/mol. The molecule has 6 heteroatoms. The zero-order chi connectivity index (χ0) is 10.8. The van der Waals surface area contributed by atoms with Gasteiger partial charge in [0.15, 0.2) is 0 Å². The molecule has 2 aromatic rings. The van der Waals surface area contributed by atoms with Crippen LogP contribution < -0.4 is 10.6 Å². The van der Waals surface area contributed by atoms with E-state index in [1.54, 1.807) is 6.20 Å². The van der Waals surface area contributed by atoms with Gasteiger partial charge >= 0.3 is 0 Å². The van der Waals surface area contributed by atoms with E-state index < -0.39 is 0 Å². The molecule has 0 atom stereocenters. The van der Waals surface area contributed by atoms with Gasteiger partial charge in [-0.2, -0.15) is 0 Å². The van der Waals surface area contributed by atoms with Crippen molar-refractivity contribution in [3.63, 3.8) is 0 Å². The summed E-state index contributed by atoms with van der Waals surface area (Å²) in [5, 5.41) is 3.82. The number of rotatable bonds is 3. The minimum absolute atomic E-state index is 0.570. The maximum Gasteiger partial charge on any atom is 0.225 e. The molecular weight excluding hydrogens is 194 g/mol. The number of anilines is 1. The second-order valence-corrected chi connectivity index (χ2v) is 3.36. The molecule has 0 bridgehead atoms. The van der Waals surface area contributed by atoms with Gasteiger partial charge in [0, 0.05) is 20.1 Å². The van der Waals surface area contributed by atoms with Crippen molar-refractivity contribution in [1.29, 1.82) is 0 Å². The van der Waals surface area contributed by atoms with Crippen molar-refractivity contribution in [2.24, 2.45) is 5.73 Å². The van der Waals surface area contributed by atoms with Gasteiger partial charge in [-0.25, -0.2) is 9.97 Å². The molecule has 0 saturated heterocycles. The number of nitrogens with zero attached hydrogens (tertiary/aromatic N) is 4. The summed E-state index contributed by atoms with van der Waals surface area (Å²) in [5.41, 5.74) is 7.60. The zero-order valence-electron chi connectivity index (χ0n) is 8.77. The largest absolute Gasteiger partial charge is 0.353 e. The van der Waals surface area contributed by atoms with Crippen LogP contribution in [0.4, 0.5) is 5.95 Å². The Bertz CT molecular complexity index is 466. The van der Waals surface area contributed by atoms with Crippen molar-refractivity contribution in [1.82, 2.24) is 15.1 Å². The standard InChI is InChI=1S/C9H13N5O/c1-6-8-7(15-13-6)5-11-9(12-8)14(2)4-3-10/h5H,3-4,10H2,1-2H3. The fourth-order valence-electron chi connectivity index (χ4n) is 1.33. The number of hydrogen-bond acceptors (Lipinski definition) is 6. The number of nitrogens with two attached hydrogens (primary N) is 1. The lowest BCUT2D eigenvalue weighted by Gasteiger charge is -2.14. The number of aryl methyl sites for hydroxylation is 1. The number of aromatic nitrogens is 3. The van der Waals surface area contributed by atoms with Crippen LogP contribution in [0.3, 0.4) is 0 Å². The topological polar surface area (TPSA) is 81.1 Å². The van der Waals surface area contributed by atoms with Gasteiger partial charge in [0.1, 0.15) is 11.2 Å². The molecule has 15 heavy (non-hydrogen) atoms. The summed E-state index contributed by atoms with van der Waals surface area (Å²) >= 11 is 0. The summed E-state index contributed by atoms with van der Waals surface area (Å²) in [6, 6.07) is 0. The zero-order valence-corrected chi connectivity index (χ0v) is 8.77. The maximum atomic E-state index is 5.46. The minimum Gasteiger partial charge on any atom is -0.353 e. The molecule has 0 aliphatic carbocycles. The molecule has 0 aromatic carbocycles. The SMILES string of the molecule is Cc1noc2cnc(N(C)CCN)nc12. The number of hydrogen-bond donors (Lipinski definition) is 1. The van der Waals surface area contributed by atoms with E-state index in [2.05, 4.69) is 15.1 Å². The molecule has 2 rings (SSSR count). The molecule has 6 nitrogen and oxygen atoms in total. The average Bonchev–Trinajstić information content (AvgIpc) is 2.60. The van der Waals surface area contributed by atoms with Crippen LogP contribution in [0, 0.1) is 6.92 Å². The lowest BCUT2D eigenvalue weighted by molar-refractivity contribution is 0.449. The minimum atomic E-state index is 0.570. The van der Waals surface area contributed by atoms with Crippen LogP contribution in [-0.4, -0.2) is 35.3 Å². The first-order chi connectivity index (χ1) is 7.22. The third kappa shape index (κ3) is 1.75. The summed E-state index contributed by atoms with van der Waals surface area (Å²) in [6.07, 6.45) is 1.63. The molecule has 0 saturated carbocycles. The Labute approximate surface area is 87.1 Å². The first-order valence-corrected chi connectivity index (χ1v) is 4.72. The Hall–Kier alpha value is -1.69. The number of fused-ring (bicyclic) bond motifs is 1. The highest BCUT2D eigenvalue weighted by molar-refractivity contribution is 5.74. The highest BCUT2D eigenvalue weighted by atomic mass is 16.5. The fourth-order valence-corrected chi connectivity index (χ4v) is 1.33. The smallest absolute Gasteiger partial charge is 0.225 e. The quantitative estimate of drug-likeness (QED) is 0.780. The highest BCUT2D eigenvalue weighted by Crippen LogP contribution is 2.16. The van der Waals surface area contributed by atoms with Crippen molar-refractivity contribution >= 4 is 17.0 Å². The Balaban J connectivity index is 2.41. The normalized spacial score (nSPS) is 10.9. The van der Waals surface area contributed by atoms with Crippen LogP contribution in [0.15, 0.2) is 10.7 Å². The van der Waals surface area contributed by atoms with Crippen LogP contribution >= 0.6 is 0 Å². The van der Waals surface area contributed by atoms with Gasteiger partial charge in [0.25, 0.3) is 0 Å². The van der Waals surface area contributed by atoms with E-state index in [1.807, 2.05) is 18.9 Å². The number of likely N-dealkylation sites (N-methyl/N-ethyl adjacent to an activating group) is 1. The summed E-state index contributed by atoms with van der Waals surface area (Å²) in [5.74, 6) is 0.638. The third-order valence-electron chi connectivity index (χ3n) is 2.17. The lowest BCUT2D eigenvalue weighted by Crippen LogP contribution is -2.26. The van der Waals surface area contributed by atoms with Crippen LogP contribution in [0.1, 0.15) is 5.69 Å². The Kier molecular flexibility index (Phi) is 2.51. The van der Waals surface area contributed by atoms with Gasteiger partial charge in [0.05, 0.1) is 6.20 Å². The maximum absolute atomic E-state index is 5.46. The second-order valence-electron chi connectivity index (χ2n) is 3.36. The monoisotopic (exact) mass is 207 g/mol. The Morgan fingerprint density at radius 3 is 3.07 bits per heavy atom. The molecule has 0 unspecified atom stereocenters. The molecule has 0 radical (unpaired) electrons. The molecule has 0 fully saturated rings. The van der Waals surface area contributed by atoms with Crippen molar-refractivity contribution in [3.8, 4) is 0 Å². The van der Waals surface area contributed by atoms with E-state index in [9.17, 15) is 0 Å². The van der Waals surface area contributed by atoms with E-state index in [1.165, 1.54) is 0 Å². The predicted octanol–water partition coefficient (Wildman–Crippen LogP) is 0.321. The van der Waals surface area contributed by atoms with Gasteiger partial charge in [0.2, 0.25) is 11.5 Å². The van der Waals surface area contributed by atoms with Gasteiger partial charge in [-0.15, -0.1) is 0 Å². The molecule has 0 aliphatic rings. The summed E-state index contributed by atoms with van der Waals surface area (Å²) in [4.78, 5) is 10.4. The van der Waals surface area contributed by atoms with Gasteiger partial charge in [-0.05, 0) is 6.92 Å². The highest BCUT2D eigenvalue weighted by Gasteiger charge is 2.09. The molecule has 2 aromatic heterocycles. The summed E-state index contributed by atoms with van der Waals surface area (Å²) in [6.45, 7) is 3.14. The molecule has 0 spiro atoms. The van der Waals surface area contributed by atoms with Gasteiger partial charge in [-0.1, -0.05) is 5.16 Å². The summed E-state index contributed by atoms with van der Waals surface area (Å²) < 4.78 is 5.03. The van der Waals surface area contributed by atoms with E-state index in [0.717, 1.165) is 17.8 Å².